The van der Waals surface area contributed by atoms with Gasteiger partial charge in [0.15, 0.2) is 0 Å². The van der Waals surface area contributed by atoms with Gasteiger partial charge < -0.3 is 10.1 Å². The van der Waals surface area contributed by atoms with E-state index < -0.39 is 12.8 Å². The van der Waals surface area contributed by atoms with Gasteiger partial charge in [0, 0.05) is 21.4 Å². The van der Waals surface area contributed by atoms with Gasteiger partial charge in [0.2, 0.25) is 0 Å². The summed E-state index contributed by atoms with van der Waals surface area (Å²) in [5.74, 6) is -0.268. The van der Waals surface area contributed by atoms with Gasteiger partial charge >= 0.3 is 0 Å². The normalized spacial score (nSPS) is 17.7. The van der Waals surface area contributed by atoms with E-state index in [-0.39, 0.29) is 11.2 Å². The SMILES string of the molecule is FCC(OCC1(c2ccc(F)cc2)CCNCC1)c1cc(Cl)cc2cn[nH]c12. The zero-order valence-electron chi connectivity index (χ0n) is 15.4. The molecule has 1 fully saturated rings. The van der Waals surface area contributed by atoms with Crippen molar-refractivity contribution in [2.75, 3.05) is 26.4 Å². The van der Waals surface area contributed by atoms with Gasteiger partial charge in [0.1, 0.15) is 18.6 Å². The van der Waals surface area contributed by atoms with Gasteiger partial charge in [0.05, 0.1) is 18.3 Å². The first-order valence-corrected chi connectivity index (χ1v) is 9.76. The molecule has 1 aromatic heterocycles. The van der Waals surface area contributed by atoms with Gasteiger partial charge in [-0.15, -0.1) is 0 Å². The third kappa shape index (κ3) is 3.77. The maximum Gasteiger partial charge on any atom is 0.123 e. The number of rotatable bonds is 6. The van der Waals surface area contributed by atoms with Crippen molar-refractivity contribution in [3.63, 3.8) is 0 Å². The Labute approximate surface area is 167 Å². The van der Waals surface area contributed by atoms with Gasteiger partial charge in [-0.05, 0) is 55.8 Å². The quantitative estimate of drug-likeness (QED) is 0.624. The molecule has 0 aliphatic carbocycles. The fourth-order valence-electron chi connectivity index (χ4n) is 4.00. The third-order valence-corrected chi connectivity index (χ3v) is 5.83. The molecule has 3 aromatic rings. The molecule has 1 atom stereocenters. The number of aromatic amines is 1. The maximum atomic E-state index is 14.0. The average Bonchev–Trinajstić information content (AvgIpc) is 3.18. The first-order valence-electron chi connectivity index (χ1n) is 9.38. The van der Waals surface area contributed by atoms with Crippen molar-refractivity contribution in [2.24, 2.45) is 0 Å². The summed E-state index contributed by atoms with van der Waals surface area (Å²) in [6.07, 6.45) is 2.58. The number of nitrogens with one attached hydrogen (secondary N) is 2. The minimum absolute atomic E-state index is 0.268. The van der Waals surface area contributed by atoms with Crippen LogP contribution in [-0.4, -0.2) is 36.6 Å². The number of nitrogens with zero attached hydrogens (tertiary/aromatic N) is 1. The van der Waals surface area contributed by atoms with Crippen LogP contribution in [0.3, 0.4) is 0 Å². The van der Waals surface area contributed by atoms with E-state index in [1.54, 1.807) is 30.5 Å². The Bertz CT molecular complexity index is 938. The Balaban J connectivity index is 1.62. The van der Waals surface area contributed by atoms with Crippen molar-refractivity contribution in [3.05, 3.63) is 64.6 Å². The molecule has 4 nitrogen and oxygen atoms in total. The van der Waals surface area contributed by atoms with Gasteiger partial charge in [-0.3, -0.25) is 5.10 Å². The average molecular weight is 406 g/mol. The van der Waals surface area contributed by atoms with Crippen LogP contribution in [0.15, 0.2) is 42.6 Å². The lowest BCUT2D eigenvalue weighted by atomic mass is 9.74. The molecule has 1 saturated heterocycles. The number of hydrogen-bond acceptors (Lipinski definition) is 3. The molecule has 2 heterocycles. The molecule has 148 valence electrons. The van der Waals surface area contributed by atoms with Crippen LogP contribution in [0.25, 0.3) is 10.9 Å². The number of fused-ring (bicyclic) bond motifs is 1. The van der Waals surface area contributed by atoms with Crippen molar-refractivity contribution < 1.29 is 13.5 Å². The highest BCUT2D eigenvalue weighted by molar-refractivity contribution is 6.31. The van der Waals surface area contributed by atoms with E-state index in [4.69, 9.17) is 16.3 Å². The summed E-state index contributed by atoms with van der Waals surface area (Å²) in [5.41, 5.74) is 2.13. The van der Waals surface area contributed by atoms with Crippen LogP contribution >= 0.6 is 11.6 Å². The van der Waals surface area contributed by atoms with Crippen LogP contribution < -0.4 is 5.32 Å². The van der Waals surface area contributed by atoms with E-state index in [2.05, 4.69) is 15.5 Å². The number of alkyl halides is 1. The first kappa shape index (κ1) is 19.3. The molecule has 0 radical (unpaired) electrons. The van der Waals surface area contributed by atoms with E-state index >= 15 is 0 Å². The molecule has 28 heavy (non-hydrogen) atoms. The minimum atomic E-state index is -0.756. The lowest BCUT2D eigenvalue weighted by molar-refractivity contribution is -0.00450. The number of H-pyrrole nitrogens is 1. The number of aromatic nitrogens is 2. The molecule has 0 spiro atoms. The van der Waals surface area contributed by atoms with Gasteiger partial charge in [-0.2, -0.15) is 5.10 Å². The van der Waals surface area contributed by atoms with E-state index in [1.165, 1.54) is 12.1 Å². The summed E-state index contributed by atoms with van der Waals surface area (Å²) in [5, 5.41) is 11.6. The largest absolute Gasteiger partial charge is 0.370 e. The van der Waals surface area contributed by atoms with Crippen molar-refractivity contribution in [1.29, 1.82) is 0 Å². The molecule has 2 N–H and O–H groups in total. The number of hydrogen-bond donors (Lipinski definition) is 2. The second-order valence-electron chi connectivity index (χ2n) is 7.32. The summed E-state index contributed by atoms with van der Waals surface area (Å²) >= 11 is 6.21. The van der Waals surface area contributed by atoms with Gasteiger partial charge in [0.25, 0.3) is 0 Å². The predicted octanol–water partition coefficient (Wildman–Crippen LogP) is 4.70. The second kappa shape index (κ2) is 8.15. The summed E-state index contributed by atoms with van der Waals surface area (Å²) in [6, 6.07) is 10.1. The Morgan fingerprint density at radius 2 is 1.93 bits per heavy atom. The molecule has 1 aliphatic heterocycles. The van der Waals surface area contributed by atoms with Crippen molar-refractivity contribution in [1.82, 2.24) is 15.5 Å². The van der Waals surface area contributed by atoms with Crippen LogP contribution in [0, 0.1) is 5.82 Å². The Hall–Kier alpha value is -2.02. The highest BCUT2D eigenvalue weighted by atomic mass is 35.5. The highest BCUT2D eigenvalue weighted by Gasteiger charge is 2.35. The van der Waals surface area contributed by atoms with Crippen LogP contribution in [0.2, 0.25) is 5.02 Å². The lowest BCUT2D eigenvalue weighted by Gasteiger charge is -2.39. The fourth-order valence-corrected chi connectivity index (χ4v) is 4.24. The van der Waals surface area contributed by atoms with E-state index in [0.29, 0.717) is 17.2 Å². The van der Waals surface area contributed by atoms with Crippen LogP contribution in [0.4, 0.5) is 8.78 Å². The van der Waals surface area contributed by atoms with Crippen LogP contribution in [-0.2, 0) is 10.2 Å². The van der Waals surface area contributed by atoms with Crippen molar-refractivity contribution in [2.45, 2.75) is 24.4 Å². The predicted molar refractivity (Wildman–Crippen MR) is 106 cm³/mol. The van der Waals surface area contributed by atoms with Crippen LogP contribution in [0.1, 0.15) is 30.1 Å². The molecular formula is C21H22ClF2N3O. The third-order valence-electron chi connectivity index (χ3n) is 5.61. The first-order chi connectivity index (χ1) is 13.6. The molecule has 4 rings (SSSR count). The summed E-state index contributed by atoms with van der Waals surface area (Å²) in [4.78, 5) is 0. The Morgan fingerprint density at radius 1 is 1.18 bits per heavy atom. The van der Waals surface area contributed by atoms with Crippen LogP contribution in [0.5, 0.6) is 0 Å². The number of piperidine rings is 1. The summed E-state index contributed by atoms with van der Waals surface area (Å²) in [6.45, 7) is 1.34. The minimum Gasteiger partial charge on any atom is -0.370 e. The maximum absolute atomic E-state index is 14.0. The molecule has 2 aromatic carbocycles. The number of benzene rings is 2. The molecule has 0 bridgehead atoms. The Kier molecular flexibility index (Phi) is 5.62. The molecule has 1 aliphatic rings. The Morgan fingerprint density at radius 3 is 2.64 bits per heavy atom. The summed E-state index contributed by atoms with van der Waals surface area (Å²) < 4.78 is 33.5. The van der Waals surface area contributed by atoms with E-state index in [0.717, 1.165) is 42.4 Å². The zero-order chi connectivity index (χ0) is 19.6. The smallest absolute Gasteiger partial charge is 0.123 e. The topological polar surface area (TPSA) is 49.9 Å². The molecular weight excluding hydrogens is 384 g/mol. The van der Waals surface area contributed by atoms with Gasteiger partial charge in [-0.1, -0.05) is 23.7 Å². The molecule has 1 unspecified atom stereocenters. The molecule has 0 amide bonds. The number of ether oxygens (including phenoxy) is 1. The standard InChI is InChI=1S/C21H22ClF2N3O/c22-16-9-14-12-26-27-20(14)18(10-16)19(11-23)28-13-21(5-7-25-8-6-21)15-1-3-17(24)4-2-15/h1-4,9-10,12,19,25H,5-8,11,13H2,(H,26,27). The van der Waals surface area contributed by atoms with Gasteiger partial charge in [-0.25, -0.2) is 8.78 Å². The zero-order valence-corrected chi connectivity index (χ0v) is 16.1. The van der Waals surface area contributed by atoms with E-state index in [1.807, 2.05) is 0 Å². The lowest BCUT2D eigenvalue weighted by Crippen LogP contribution is -2.43. The second-order valence-corrected chi connectivity index (χ2v) is 7.76. The molecule has 0 saturated carbocycles. The number of halogens is 3. The monoisotopic (exact) mass is 405 g/mol. The molecule has 7 heteroatoms. The highest BCUT2D eigenvalue weighted by Crippen LogP contribution is 2.37. The summed E-state index contributed by atoms with van der Waals surface area (Å²) in [7, 11) is 0. The fraction of sp³-hybridized carbons (Fsp3) is 0.381. The van der Waals surface area contributed by atoms with Crippen molar-refractivity contribution >= 4 is 22.5 Å². The van der Waals surface area contributed by atoms with E-state index in [9.17, 15) is 8.78 Å². The van der Waals surface area contributed by atoms with Crippen molar-refractivity contribution in [3.8, 4) is 0 Å².